The van der Waals surface area contributed by atoms with Crippen molar-refractivity contribution in [2.45, 2.75) is 130 Å². The molecule has 0 N–H and O–H groups in total. The van der Waals surface area contributed by atoms with Crippen LogP contribution < -0.4 is 5.11 Å². The predicted molar refractivity (Wildman–Crippen MR) is 167 cm³/mol. The van der Waals surface area contributed by atoms with E-state index in [2.05, 4.69) is 6.92 Å². The number of unbranched alkanes of at least 4 members (excludes halogenated alkanes) is 15. The number of non-ortho nitro benzene ring substituents is 1. The molecule has 0 radical (unpaired) electrons. The number of hydrogen-bond acceptors (Lipinski definition) is 7. The first-order chi connectivity index (χ1) is 19.6. The minimum atomic E-state index is -3.09. The molecule has 41 heavy (non-hydrogen) atoms. The second-order valence-corrected chi connectivity index (χ2v) is 17.7. The molecule has 0 spiro atoms. The Kier molecular flexibility index (Phi) is 17.0. The van der Waals surface area contributed by atoms with Gasteiger partial charge in [0, 0.05) is 0 Å². The monoisotopic (exact) mass is 599 g/mol. The molecule has 0 aliphatic carbocycles. The molecule has 0 fully saturated rings. The van der Waals surface area contributed by atoms with Crippen LogP contribution in [0.3, 0.4) is 0 Å². The molecular weight excluding hydrogens is 545 g/mol. The summed E-state index contributed by atoms with van der Waals surface area (Å²) in [7, 11) is 0. The fourth-order valence-corrected chi connectivity index (χ4v) is 9.88. The van der Waals surface area contributed by atoms with Crippen LogP contribution in [-0.2, 0) is 4.62 Å². The summed E-state index contributed by atoms with van der Waals surface area (Å²) in [4.78, 5) is 33.9. The van der Waals surface area contributed by atoms with Crippen molar-refractivity contribution in [1.82, 2.24) is 0 Å². The summed E-state index contributed by atoms with van der Waals surface area (Å²) in [6, 6.07) is 1.35. The van der Waals surface area contributed by atoms with Crippen LogP contribution in [-0.4, -0.2) is 39.4 Å². The third kappa shape index (κ3) is 11.8. The van der Waals surface area contributed by atoms with E-state index >= 15 is 0 Å². The molecule has 11 heteroatoms. The van der Waals surface area contributed by atoms with Crippen molar-refractivity contribution < 1.29 is 24.5 Å². The summed E-state index contributed by atoms with van der Waals surface area (Å²) in [5, 5.41) is 35.2. The van der Waals surface area contributed by atoms with Crippen molar-refractivity contribution in [2.24, 2.45) is 0 Å². The van der Waals surface area contributed by atoms with Crippen LogP contribution in [0.1, 0.15) is 130 Å². The van der Waals surface area contributed by atoms with Crippen LogP contribution in [0.2, 0.25) is 0 Å². The average Bonchev–Trinajstić information content (AvgIpc) is 2.96. The Morgan fingerprint density at radius 1 is 0.610 bits per heavy atom. The number of nitrogens with zero attached hydrogens (tertiary/aromatic N) is 3. The maximum atomic E-state index is 13.2. The second kappa shape index (κ2) is 19.0. The van der Waals surface area contributed by atoms with Gasteiger partial charge in [0.15, 0.2) is 0 Å². The van der Waals surface area contributed by atoms with Crippen LogP contribution >= 0.6 is 6.83 Å². The van der Waals surface area contributed by atoms with Crippen molar-refractivity contribution in [1.29, 1.82) is 0 Å². The standard InChI is InChI=1S/C30H54N3O7P/c1-5-9-10-11-12-13-14-15-16-17-18-19-20-21-22-23-24-41(6-2,7-3,8-4)40-33(39)29-26-27(31(35)36)25-28(30(29)34)32(37)38/h25-26H,5-24H2,1-4H3. The first kappa shape index (κ1) is 36.7. The summed E-state index contributed by atoms with van der Waals surface area (Å²) >= 11 is 0. The zero-order valence-corrected chi connectivity index (χ0v) is 26.8. The Balaban J connectivity index is 2.56. The van der Waals surface area contributed by atoms with Gasteiger partial charge in [0.2, 0.25) is 0 Å². The molecule has 0 saturated carbocycles. The normalized spacial score (nSPS) is 12.5. The quantitative estimate of drug-likeness (QED) is 0.0471. The van der Waals surface area contributed by atoms with E-state index in [0.717, 1.165) is 25.3 Å². The summed E-state index contributed by atoms with van der Waals surface area (Å²) in [6.07, 6.45) is 22.8. The van der Waals surface area contributed by atoms with Crippen molar-refractivity contribution >= 4 is 23.9 Å². The first-order valence-electron chi connectivity index (χ1n) is 15.9. The minimum absolute atomic E-state index is 0.0309. The summed E-state index contributed by atoms with van der Waals surface area (Å²) in [6.45, 7) is 5.07. The Bertz CT molecular complexity index is 959. The van der Waals surface area contributed by atoms with E-state index in [1.54, 1.807) is 0 Å². The topological polar surface area (TPSA) is 139 Å². The van der Waals surface area contributed by atoms with Crippen LogP contribution in [0.15, 0.2) is 12.1 Å². The number of benzene rings is 1. The van der Waals surface area contributed by atoms with E-state index in [4.69, 9.17) is 4.62 Å². The molecule has 1 aromatic rings. The van der Waals surface area contributed by atoms with E-state index in [1.807, 2.05) is 20.8 Å². The second-order valence-electron chi connectivity index (χ2n) is 11.5. The van der Waals surface area contributed by atoms with Crippen molar-refractivity contribution in [3.05, 3.63) is 37.3 Å². The Morgan fingerprint density at radius 2 is 1.00 bits per heavy atom. The average molecular weight is 600 g/mol. The Labute approximate surface area is 246 Å². The van der Waals surface area contributed by atoms with Crippen molar-refractivity contribution in [2.75, 3.05) is 24.6 Å². The van der Waals surface area contributed by atoms with Crippen molar-refractivity contribution in [3.63, 3.8) is 0 Å². The number of hydrogen-bond donors (Lipinski definition) is 0. The van der Waals surface area contributed by atoms with Gasteiger partial charge >= 0.3 is 207 Å². The van der Waals surface area contributed by atoms with Crippen LogP contribution in [0.5, 0.6) is 5.75 Å². The van der Waals surface area contributed by atoms with Gasteiger partial charge in [-0.3, -0.25) is 0 Å². The van der Waals surface area contributed by atoms with E-state index < -0.39 is 39.5 Å². The molecule has 236 valence electrons. The van der Waals surface area contributed by atoms with E-state index in [1.165, 1.54) is 83.5 Å². The Morgan fingerprint density at radius 3 is 1.37 bits per heavy atom. The van der Waals surface area contributed by atoms with Crippen molar-refractivity contribution in [3.8, 4) is 5.75 Å². The molecule has 0 amide bonds. The molecule has 10 nitrogen and oxygen atoms in total. The number of nitro groups is 2. The SMILES string of the molecule is CCCCCCCCCCCCCCCCCCP(CC)(CC)(CC)O[N+](=O)c1cc([N+](=O)[O-])cc([N+](=O)[O-])c1[O-]. The maximum absolute atomic E-state index is 13.2. The predicted octanol–water partition coefficient (Wildman–Crippen LogP) is 9.71. The fraction of sp³-hybridized carbons (Fsp3) is 0.800. The molecule has 0 aliphatic rings. The van der Waals surface area contributed by atoms with E-state index in [-0.39, 0.29) is 4.92 Å². The van der Waals surface area contributed by atoms with Gasteiger partial charge in [-0.2, -0.15) is 0 Å². The third-order valence-corrected chi connectivity index (χ3v) is 15.8. The van der Waals surface area contributed by atoms with Gasteiger partial charge in [-0.15, -0.1) is 0 Å². The van der Waals surface area contributed by atoms with Gasteiger partial charge in [-0.25, -0.2) is 0 Å². The summed E-state index contributed by atoms with van der Waals surface area (Å²) < 4.78 is 6.10. The fourth-order valence-electron chi connectivity index (χ4n) is 5.63. The van der Waals surface area contributed by atoms with Crippen LogP contribution in [0.25, 0.3) is 0 Å². The molecule has 0 saturated heterocycles. The summed E-state index contributed by atoms with van der Waals surface area (Å²) in [5.41, 5.74) is -2.43. The number of nitro benzene ring substituents is 2. The molecular formula is C30H54N3O7P. The van der Waals surface area contributed by atoms with Crippen LogP contribution in [0, 0.1) is 25.1 Å². The zero-order valence-electron chi connectivity index (χ0n) is 25.9. The van der Waals surface area contributed by atoms with Crippen LogP contribution in [0.4, 0.5) is 17.1 Å². The molecule has 0 aromatic heterocycles. The molecule has 1 rings (SSSR count). The summed E-state index contributed by atoms with van der Waals surface area (Å²) in [5.74, 6) is -1.18. The molecule has 0 heterocycles. The van der Waals surface area contributed by atoms with Gasteiger partial charge in [0.05, 0.1) is 0 Å². The van der Waals surface area contributed by atoms with Gasteiger partial charge in [0.1, 0.15) is 0 Å². The van der Waals surface area contributed by atoms with E-state index in [0.29, 0.717) is 30.7 Å². The van der Waals surface area contributed by atoms with Gasteiger partial charge in [-0.05, 0) is 0 Å². The number of rotatable bonds is 25. The zero-order chi connectivity index (χ0) is 30.8. The molecule has 1 aromatic carbocycles. The third-order valence-electron chi connectivity index (χ3n) is 8.92. The van der Waals surface area contributed by atoms with E-state index in [9.17, 15) is 30.2 Å². The molecule has 0 unspecified atom stereocenters. The van der Waals surface area contributed by atoms with Gasteiger partial charge in [0.25, 0.3) is 0 Å². The first-order valence-corrected chi connectivity index (χ1v) is 18.8. The molecule has 0 bridgehead atoms. The molecule has 0 atom stereocenters. The Hall–Kier alpha value is -2.35. The van der Waals surface area contributed by atoms with Gasteiger partial charge < -0.3 is 0 Å². The molecule has 0 aliphatic heterocycles. The van der Waals surface area contributed by atoms with Gasteiger partial charge in [-0.1, -0.05) is 39.0 Å².